The minimum atomic E-state index is -0.712. The highest BCUT2D eigenvalue weighted by Gasteiger charge is 2.21. The first-order valence-corrected chi connectivity index (χ1v) is 12.3. The largest absolute Gasteiger partial charge is 0.508 e. The maximum atomic E-state index is 12.8. The molecule has 0 bridgehead atoms. The molecular weight excluding hydrogens is 446 g/mol. The molecule has 0 aliphatic carbocycles. The SMILES string of the molecule is NCCCOCCCCOCCCNC(=O)[C@H](Cc1ccc(O)cc1)NC(=O)Cc1ccccc1. The Hall–Kier alpha value is -2.94. The summed E-state index contributed by atoms with van der Waals surface area (Å²) in [5, 5.41) is 15.3. The van der Waals surface area contributed by atoms with E-state index in [0.717, 1.165) is 37.0 Å². The van der Waals surface area contributed by atoms with Gasteiger partial charge in [-0.15, -0.1) is 0 Å². The molecule has 35 heavy (non-hydrogen) atoms. The van der Waals surface area contributed by atoms with Gasteiger partial charge in [-0.2, -0.15) is 0 Å². The molecule has 8 nitrogen and oxygen atoms in total. The molecule has 0 aromatic heterocycles. The van der Waals surface area contributed by atoms with Gasteiger partial charge in [0.2, 0.25) is 11.8 Å². The second kappa shape index (κ2) is 17.5. The van der Waals surface area contributed by atoms with Gasteiger partial charge in [-0.1, -0.05) is 42.5 Å². The predicted molar refractivity (Wildman–Crippen MR) is 136 cm³/mol. The second-order valence-corrected chi connectivity index (χ2v) is 8.37. The van der Waals surface area contributed by atoms with Gasteiger partial charge in [-0.05, 0) is 55.5 Å². The molecule has 0 saturated heterocycles. The van der Waals surface area contributed by atoms with Crippen molar-refractivity contribution in [1.29, 1.82) is 0 Å². The standard InChI is InChI=1S/C27H39N3O5/c28-14-6-18-34-16-4-5-17-35-19-7-15-29-27(33)25(20-23-10-12-24(31)13-11-23)30-26(32)21-22-8-2-1-3-9-22/h1-3,8-13,25,31H,4-7,14-21,28H2,(H,29,33)(H,30,32)/t25-/m0/s1. The number of carbonyl (C=O) groups excluding carboxylic acids is 2. The number of ether oxygens (including phenoxy) is 2. The lowest BCUT2D eigenvalue weighted by atomic mass is 10.0. The number of hydrogen-bond acceptors (Lipinski definition) is 6. The lowest BCUT2D eigenvalue weighted by Gasteiger charge is -2.19. The molecule has 0 spiro atoms. The van der Waals surface area contributed by atoms with Crippen LogP contribution in [0.3, 0.4) is 0 Å². The monoisotopic (exact) mass is 485 g/mol. The Morgan fingerprint density at radius 3 is 2.11 bits per heavy atom. The molecule has 0 aliphatic rings. The zero-order chi connectivity index (χ0) is 25.1. The van der Waals surface area contributed by atoms with E-state index in [2.05, 4.69) is 10.6 Å². The topological polar surface area (TPSA) is 123 Å². The third-order valence-electron chi connectivity index (χ3n) is 5.32. The van der Waals surface area contributed by atoms with Gasteiger partial charge in [0.15, 0.2) is 0 Å². The molecule has 8 heteroatoms. The number of aromatic hydroxyl groups is 1. The Morgan fingerprint density at radius 2 is 1.46 bits per heavy atom. The number of rotatable bonds is 18. The van der Waals surface area contributed by atoms with Crippen LogP contribution in [0.25, 0.3) is 0 Å². The molecule has 2 aromatic carbocycles. The summed E-state index contributed by atoms with van der Waals surface area (Å²) in [6, 6.07) is 15.3. The molecule has 2 rings (SSSR count). The van der Waals surface area contributed by atoms with E-state index in [9.17, 15) is 14.7 Å². The maximum Gasteiger partial charge on any atom is 0.242 e. The van der Waals surface area contributed by atoms with E-state index in [1.54, 1.807) is 24.3 Å². The smallest absolute Gasteiger partial charge is 0.242 e. The van der Waals surface area contributed by atoms with Gasteiger partial charge in [0.05, 0.1) is 6.42 Å². The Labute approximate surface area is 208 Å². The summed E-state index contributed by atoms with van der Waals surface area (Å²) in [5.74, 6) is -0.304. The van der Waals surface area contributed by atoms with E-state index < -0.39 is 6.04 Å². The Kier molecular flexibility index (Phi) is 14.1. The highest BCUT2D eigenvalue weighted by Crippen LogP contribution is 2.12. The van der Waals surface area contributed by atoms with Crippen LogP contribution in [-0.4, -0.2) is 62.5 Å². The fourth-order valence-electron chi connectivity index (χ4n) is 3.41. The first kappa shape index (κ1) is 28.3. The van der Waals surface area contributed by atoms with Gasteiger partial charge in [0.1, 0.15) is 11.8 Å². The molecule has 0 aliphatic heterocycles. The van der Waals surface area contributed by atoms with Crippen molar-refractivity contribution in [3.63, 3.8) is 0 Å². The van der Waals surface area contributed by atoms with Crippen LogP contribution in [0.15, 0.2) is 54.6 Å². The van der Waals surface area contributed by atoms with E-state index in [4.69, 9.17) is 15.2 Å². The van der Waals surface area contributed by atoms with E-state index in [0.29, 0.717) is 45.8 Å². The highest BCUT2D eigenvalue weighted by molar-refractivity contribution is 5.88. The highest BCUT2D eigenvalue weighted by atomic mass is 16.5. The van der Waals surface area contributed by atoms with Gasteiger partial charge in [-0.3, -0.25) is 9.59 Å². The van der Waals surface area contributed by atoms with Crippen molar-refractivity contribution in [2.24, 2.45) is 5.73 Å². The molecule has 0 radical (unpaired) electrons. The van der Waals surface area contributed by atoms with Crippen LogP contribution in [-0.2, 0) is 31.9 Å². The molecule has 192 valence electrons. The molecular formula is C27H39N3O5. The average molecular weight is 486 g/mol. The fourth-order valence-corrected chi connectivity index (χ4v) is 3.41. The number of carbonyl (C=O) groups is 2. The number of nitrogens with two attached hydrogens (primary N) is 1. The number of nitrogens with one attached hydrogen (secondary N) is 2. The van der Waals surface area contributed by atoms with Gasteiger partial charge in [-0.25, -0.2) is 0 Å². The lowest BCUT2D eigenvalue weighted by molar-refractivity contribution is -0.128. The summed E-state index contributed by atoms with van der Waals surface area (Å²) >= 11 is 0. The van der Waals surface area contributed by atoms with E-state index in [1.807, 2.05) is 30.3 Å². The molecule has 0 saturated carbocycles. The number of hydrogen-bond donors (Lipinski definition) is 4. The van der Waals surface area contributed by atoms with Crippen molar-refractivity contribution in [3.05, 3.63) is 65.7 Å². The molecule has 2 aromatic rings. The summed E-state index contributed by atoms with van der Waals surface area (Å²) in [6.07, 6.45) is 3.97. The number of phenols is 1. The van der Waals surface area contributed by atoms with Crippen LogP contribution in [0.5, 0.6) is 5.75 Å². The van der Waals surface area contributed by atoms with Crippen LogP contribution < -0.4 is 16.4 Å². The van der Waals surface area contributed by atoms with Crippen LogP contribution in [0.4, 0.5) is 0 Å². The first-order valence-electron chi connectivity index (χ1n) is 12.3. The molecule has 5 N–H and O–H groups in total. The van der Waals surface area contributed by atoms with Gasteiger partial charge in [0, 0.05) is 39.4 Å². The van der Waals surface area contributed by atoms with E-state index >= 15 is 0 Å². The molecule has 1 atom stereocenters. The first-order chi connectivity index (χ1) is 17.1. The van der Waals surface area contributed by atoms with Crippen LogP contribution in [0, 0.1) is 0 Å². The second-order valence-electron chi connectivity index (χ2n) is 8.37. The van der Waals surface area contributed by atoms with Gasteiger partial charge < -0.3 is 30.9 Å². The Morgan fingerprint density at radius 1 is 0.829 bits per heavy atom. The van der Waals surface area contributed by atoms with E-state index in [-0.39, 0.29) is 24.0 Å². The minimum absolute atomic E-state index is 0.155. The van der Waals surface area contributed by atoms with Crippen LogP contribution in [0.1, 0.15) is 36.8 Å². The zero-order valence-electron chi connectivity index (χ0n) is 20.4. The molecule has 2 amide bonds. The number of phenolic OH excluding ortho intramolecular Hbond substituents is 1. The summed E-state index contributed by atoms with van der Waals surface area (Å²) in [4.78, 5) is 25.4. The molecule has 0 unspecified atom stereocenters. The third-order valence-corrected chi connectivity index (χ3v) is 5.32. The minimum Gasteiger partial charge on any atom is -0.508 e. The van der Waals surface area contributed by atoms with Crippen molar-refractivity contribution >= 4 is 11.8 Å². The van der Waals surface area contributed by atoms with Crippen molar-refractivity contribution in [1.82, 2.24) is 10.6 Å². The van der Waals surface area contributed by atoms with Crippen LogP contribution in [0.2, 0.25) is 0 Å². The normalized spacial score (nSPS) is 11.7. The number of amides is 2. The Bertz CT molecular complexity index is 846. The van der Waals surface area contributed by atoms with Crippen LogP contribution >= 0.6 is 0 Å². The fraction of sp³-hybridized carbons (Fsp3) is 0.481. The summed E-state index contributed by atoms with van der Waals surface area (Å²) in [7, 11) is 0. The quantitative estimate of drug-likeness (QED) is 0.240. The van der Waals surface area contributed by atoms with Crippen molar-refractivity contribution in [3.8, 4) is 5.75 Å². The lowest BCUT2D eigenvalue weighted by Crippen LogP contribution is -2.48. The van der Waals surface area contributed by atoms with Crippen molar-refractivity contribution in [2.45, 2.75) is 44.6 Å². The summed E-state index contributed by atoms with van der Waals surface area (Å²) in [6.45, 7) is 3.75. The molecule has 0 fully saturated rings. The molecule has 0 heterocycles. The maximum absolute atomic E-state index is 12.8. The summed E-state index contributed by atoms with van der Waals surface area (Å²) in [5.41, 5.74) is 7.15. The average Bonchev–Trinajstić information content (AvgIpc) is 2.86. The third kappa shape index (κ3) is 12.9. The van der Waals surface area contributed by atoms with Gasteiger partial charge in [0.25, 0.3) is 0 Å². The summed E-state index contributed by atoms with van der Waals surface area (Å²) < 4.78 is 11.1. The zero-order valence-corrected chi connectivity index (χ0v) is 20.4. The number of unbranched alkanes of at least 4 members (excludes halogenated alkanes) is 1. The number of benzene rings is 2. The van der Waals surface area contributed by atoms with Crippen molar-refractivity contribution < 1.29 is 24.2 Å². The van der Waals surface area contributed by atoms with Crippen molar-refractivity contribution in [2.75, 3.05) is 39.5 Å². The Balaban J connectivity index is 1.71. The van der Waals surface area contributed by atoms with Gasteiger partial charge >= 0.3 is 0 Å². The van der Waals surface area contributed by atoms with E-state index in [1.165, 1.54) is 0 Å². The predicted octanol–water partition coefficient (Wildman–Crippen LogP) is 2.33.